The standard InChI is InChI=1S/C28H19Br2NO7/c1-13(32)14-6-9-16(10-7-14)31-26(35)21-22(27(36)37)28(24(33)17-4-2-3-5-18(17)25(28)34)38-23(21)15-8-11-19(29)20(30)12-15/h2-12,21-23H,1H3,(H,31,35)(H,36,37). The lowest BCUT2D eigenvalue weighted by Crippen LogP contribution is -2.52. The molecule has 1 spiro atoms. The van der Waals surface area contributed by atoms with Gasteiger partial charge in [-0.05, 0) is 80.7 Å². The Balaban J connectivity index is 1.63. The minimum atomic E-state index is -2.40. The lowest BCUT2D eigenvalue weighted by molar-refractivity contribution is -0.147. The molecule has 10 heteroatoms. The van der Waals surface area contributed by atoms with Crippen LogP contribution >= 0.6 is 31.9 Å². The summed E-state index contributed by atoms with van der Waals surface area (Å²) < 4.78 is 7.49. The van der Waals surface area contributed by atoms with E-state index in [4.69, 9.17) is 4.74 Å². The molecule has 5 rings (SSSR count). The number of carboxylic acids is 1. The number of aliphatic carboxylic acids is 1. The van der Waals surface area contributed by atoms with E-state index in [9.17, 15) is 29.1 Å². The number of nitrogens with one attached hydrogen (secondary N) is 1. The number of Topliss-reactive ketones (excluding diaryl/α,β-unsaturated/α-hetero) is 3. The molecule has 1 fully saturated rings. The van der Waals surface area contributed by atoms with Crippen LogP contribution in [-0.2, 0) is 14.3 Å². The Hall–Kier alpha value is -3.47. The van der Waals surface area contributed by atoms with Gasteiger partial charge in [-0.3, -0.25) is 24.0 Å². The summed E-state index contributed by atoms with van der Waals surface area (Å²) in [6, 6.07) is 17.1. The third kappa shape index (κ3) is 4.03. The molecule has 1 amide bonds. The summed E-state index contributed by atoms with van der Waals surface area (Å²) in [6.07, 6.45) is -1.24. The Bertz CT molecular complexity index is 1500. The van der Waals surface area contributed by atoms with Crippen molar-refractivity contribution in [3.8, 4) is 0 Å². The molecular formula is C28H19Br2NO7. The van der Waals surface area contributed by atoms with Crippen LogP contribution in [0.15, 0.2) is 75.7 Å². The lowest BCUT2D eigenvalue weighted by Gasteiger charge is -2.25. The first kappa shape index (κ1) is 26.1. The first-order valence-corrected chi connectivity index (χ1v) is 13.1. The zero-order valence-corrected chi connectivity index (χ0v) is 22.9. The zero-order chi connectivity index (χ0) is 27.4. The Morgan fingerprint density at radius 3 is 2.03 bits per heavy atom. The van der Waals surface area contributed by atoms with Crippen molar-refractivity contribution in [2.75, 3.05) is 5.32 Å². The van der Waals surface area contributed by atoms with E-state index in [1.54, 1.807) is 30.3 Å². The monoisotopic (exact) mass is 639 g/mol. The van der Waals surface area contributed by atoms with Crippen LogP contribution in [-0.4, -0.2) is 39.9 Å². The number of carbonyl (C=O) groups is 5. The number of amides is 1. The van der Waals surface area contributed by atoms with Crippen molar-refractivity contribution < 1.29 is 33.8 Å². The third-order valence-corrected chi connectivity index (χ3v) is 8.81. The van der Waals surface area contributed by atoms with E-state index in [2.05, 4.69) is 37.2 Å². The van der Waals surface area contributed by atoms with E-state index in [-0.39, 0.29) is 16.9 Å². The van der Waals surface area contributed by atoms with Crippen LogP contribution in [0.5, 0.6) is 0 Å². The molecule has 3 atom stereocenters. The van der Waals surface area contributed by atoms with Gasteiger partial charge in [-0.1, -0.05) is 30.3 Å². The first-order chi connectivity index (χ1) is 18.1. The fourth-order valence-electron chi connectivity index (χ4n) is 5.14. The Labute approximate surface area is 233 Å². The molecule has 3 aromatic rings. The summed E-state index contributed by atoms with van der Waals surface area (Å²) >= 11 is 6.79. The number of hydrogen-bond donors (Lipinski definition) is 2. The molecular weight excluding hydrogens is 622 g/mol. The number of halogens is 2. The molecule has 1 saturated heterocycles. The minimum Gasteiger partial charge on any atom is -0.481 e. The minimum absolute atomic E-state index is 0.0559. The van der Waals surface area contributed by atoms with Crippen LogP contribution < -0.4 is 5.32 Å². The normalized spacial score (nSPS) is 21.4. The second kappa shape index (κ2) is 9.68. The largest absolute Gasteiger partial charge is 0.481 e. The number of ketones is 3. The van der Waals surface area contributed by atoms with Gasteiger partial charge in [0.1, 0.15) is 5.92 Å². The fraction of sp³-hybridized carbons (Fsp3) is 0.179. The summed E-state index contributed by atoms with van der Waals surface area (Å²) in [7, 11) is 0. The second-order valence-electron chi connectivity index (χ2n) is 9.12. The van der Waals surface area contributed by atoms with Crippen LogP contribution in [0, 0.1) is 11.8 Å². The molecule has 0 bridgehead atoms. The van der Waals surface area contributed by atoms with Crippen molar-refractivity contribution in [3.63, 3.8) is 0 Å². The number of carboxylic acid groups (broad SMARTS) is 1. The fourth-order valence-corrected chi connectivity index (χ4v) is 5.78. The van der Waals surface area contributed by atoms with E-state index in [0.717, 1.165) is 0 Å². The Morgan fingerprint density at radius 1 is 0.895 bits per heavy atom. The molecule has 0 aromatic heterocycles. The molecule has 2 aliphatic rings. The lowest BCUT2D eigenvalue weighted by atomic mass is 9.75. The van der Waals surface area contributed by atoms with Gasteiger partial charge in [0.15, 0.2) is 5.78 Å². The highest BCUT2D eigenvalue weighted by atomic mass is 79.9. The molecule has 192 valence electrons. The number of benzene rings is 3. The first-order valence-electron chi connectivity index (χ1n) is 11.5. The summed E-state index contributed by atoms with van der Waals surface area (Å²) in [5.74, 6) is -7.23. The van der Waals surface area contributed by atoms with E-state index >= 15 is 0 Å². The average molecular weight is 641 g/mol. The number of anilines is 1. The SMILES string of the molecule is CC(=O)c1ccc(NC(=O)C2C(c3ccc(Br)c(Br)c3)OC3(C(=O)c4ccccc4C3=O)C2C(=O)O)cc1. The maximum absolute atomic E-state index is 13.7. The van der Waals surface area contributed by atoms with Crippen molar-refractivity contribution in [2.45, 2.75) is 18.6 Å². The number of hydrogen-bond acceptors (Lipinski definition) is 6. The summed E-state index contributed by atoms with van der Waals surface area (Å²) in [6.45, 7) is 1.41. The van der Waals surface area contributed by atoms with Crippen LogP contribution in [0.1, 0.15) is 49.7 Å². The van der Waals surface area contributed by atoms with E-state index in [1.807, 2.05) is 0 Å². The summed E-state index contributed by atoms with van der Waals surface area (Å²) in [5, 5.41) is 13.1. The molecule has 1 aliphatic heterocycles. The van der Waals surface area contributed by atoms with Gasteiger partial charge in [0, 0.05) is 31.3 Å². The van der Waals surface area contributed by atoms with Crippen molar-refractivity contribution in [1.82, 2.24) is 0 Å². The van der Waals surface area contributed by atoms with Gasteiger partial charge in [0.05, 0.1) is 12.0 Å². The zero-order valence-electron chi connectivity index (χ0n) is 19.7. The molecule has 0 saturated carbocycles. The highest BCUT2D eigenvalue weighted by Crippen LogP contribution is 2.54. The summed E-state index contributed by atoms with van der Waals surface area (Å²) in [4.78, 5) is 65.5. The smallest absolute Gasteiger partial charge is 0.311 e. The van der Waals surface area contributed by atoms with E-state index in [1.165, 1.54) is 43.3 Å². The van der Waals surface area contributed by atoms with E-state index in [0.29, 0.717) is 25.8 Å². The molecule has 1 heterocycles. The third-order valence-electron chi connectivity index (χ3n) is 6.93. The Kier molecular flexibility index (Phi) is 6.66. The number of rotatable bonds is 5. The molecule has 2 N–H and O–H groups in total. The van der Waals surface area contributed by atoms with Crippen molar-refractivity contribution in [2.24, 2.45) is 11.8 Å². The molecule has 8 nitrogen and oxygen atoms in total. The quantitative estimate of drug-likeness (QED) is 0.288. The number of ether oxygens (including phenoxy) is 1. The van der Waals surface area contributed by atoms with Gasteiger partial charge >= 0.3 is 5.97 Å². The van der Waals surface area contributed by atoms with Crippen LogP contribution in [0.3, 0.4) is 0 Å². The second-order valence-corrected chi connectivity index (χ2v) is 10.8. The topological polar surface area (TPSA) is 127 Å². The van der Waals surface area contributed by atoms with Crippen molar-refractivity contribution >= 4 is 66.8 Å². The summed E-state index contributed by atoms with van der Waals surface area (Å²) in [5.41, 5.74) is -1.13. The molecule has 3 unspecified atom stereocenters. The number of fused-ring (bicyclic) bond motifs is 1. The highest BCUT2D eigenvalue weighted by molar-refractivity contribution is 9.13. The van der Waals surface area contributed by atoms with Gasteiger partial charge in [-0.15, -0.1) is 0 Å². The predicted molar refractivity (Wildman–Crippen MR) is 143 cm³/mol. The maximum Gasteiger partial charge on any atom is 0.311 e. The number of carbonyl (C=O) groups excluding carboxylic acids is 4. The van der Waals surface area contributed by atoms with Gasteiger partial charge in [0.2, 0.25) is 23.1 Å². The van der Waals surface area contributed by atoms with Crippen LogP contribution in [0.4, 0.5) is 5.69 Å². The molecule has 3 aromatic carbocycles. The Morgan fingerprint density at radius 2 is 1.50 bits per heavy atom. The van der Waals surface area contributed by atoms with E-state index < -0.39 is 47.0 Å². The average Bonchev–Trinajstić information content (AvgIpc) is 3.36. The van der Waals surface area contributed by atoms with Crippen molar-refractivity contribution in [1.29, 1.82) is 0 Å². The van der Waals surface area contributed by atoms with Crippen molar-refractivity contribution in [3.05, 3.63) is 97.9 Å². The molecule has 1 aliphatic carbocycles. The molecule has 0 radical (unpaired) electrons. The van der Waals surface area contributed by atoms with Gasteiger partial charge in [-0.25, -0.2) is 0 Å². The maximum atomic E-state index is 13.7. The van der Waals surface area contributed by atoms with Gasteiger partial charge in [0.25, 0.3) is 0 Å². The van der Waals surface area contributed by atoms with Gasteiger partial charge < -0.3 is 15.2 Å². The van der Waals surface area contributed by atoms with Crippen LogP contribution in [0.25, 0.3) is 0 Å². The molecule has 38 heavy (non-hydrogen) atoms. The van der Waals surface area contributed by atoms with Gasteiger partial charge in [-0.2, -0.15) is 0 Å². The van der Waals surface area contributed by atoms with Crippen LogP contribution in [0.2, 0.25) is 0 Å². The highest BCUT2D eigenvalue weighted by Gasteiger charge is 2.71. The predicted octanol–water partition coefficient (Wildman–Crippen LogP) is 5.26.